The van der Waals surface area contributed by atoms with Crippen LogP contribution >= 0.6 is 0 Å². The summed E-state index contributed by atoms with van der Waals surface area (Å²) in [5, 5.41) is 8.55. The highest BCUT2D eigenvalue weighted by Gasteiger charge is 2.31. The number of sulfonamides is 1. The van der Waals surface area contributed by atoms with E-state index in [0.717, 1.165) is 29.9 Å². The summed E-state index contributed by atoms with van der Waals surface area (Å²) in [6.07, 6.45) is 3.46. The molecule has 4 rings (SSSR count). The molecule has 7 heteroatoms. The van der Waals surface area contributed by atoms with Crippen molar-refractivity contribution < 1.29 is 8.42 Å². The number of pyridine rings is 1. The Kier molecular flexibility index (Phi) is 4.74. The smallest absolute Gasteiger partial charge is 0.243 e. The highest BCUT2D eigenvalue weighted by atomic mass is 32.2. The summed E-state index contributed by atoms with van der Waals surface area (Å²) in [6, 6.07) is 13.1. The van der Waals surface area contributed by atoms with Crippen molar-refractivity contribution in [2.75, 3.05) is 13.1 Å². The second kappa shape index (κ2) is 7.05. The van der Waals surface area contributed by atoms with Crippen LogP contribution in [-0.4, -0.2) is 40.4 Å². The van der Waals surface area contributed by atoms with Crippen LogP contribution in [0.1, 0.15) is 49.9 Å². The maximum Gasteiger partial charge on any atom is 0.243 e. The Bertz CT molecular complexity index is 1030. The molecule has 0 unspecified atom stereocenters. The summed E-state index contributed by atoms with van der Waals surface area (Å²) in [7, 11) is -3.45. The summed E-state index contributed by atoms with van der Waals surface area (Å²) in [5.74, 6) is 1.52. The summed E-state index contributed by atoms with van der Waals surface area (Å²) in [4.78, 5) is 0.373. The Morgan fingerprint density at radius 1 is 1.00 bits per heavy atom. The van der Waals surface area contributed by atoms with Crippen molar-refractivity contribution in [3.63, 3.8) is 0 Å². The molecule has 0 saturated carbocycles. The molecule has 0 radical (unpaired) electrons. The minimum atomic E-state index is -3.45. The lowest BCUT2D eigenvalue weighted by Gasteiger charge is -2.30. The number of fused-ring (bicyclic) bond motifs is 1. The third-order valence-corrected chi connectivity index (χ3v) is 7.26. The zero-order valence-corrected chi connectivity index (χ0v) is 16.4. The van der Waals surface area contributed by atoms with Crippen molar-refractivity contribution in [1.82, 2.24) is 18.9 Å². The van der Waals surface area contributed by atoms with Crippen LogP contribution in [0.15, 0.2) is 53.6 Å². The van der Waals surface area contributed by atoms with E-state index in [1.165, 1.54) is 0 Å². The quantitative estimate of drug-likeness (QED) is 0.691. The van der Waals surface area contributed by atoms with Gasteiger partial charge in [-0.1, -0.05) is 32.0 Å². The van der Waals surface area contributed by atoms with E-state index in [9.17, 15) is 8.42 Å². The predicted octanol–water partition coefficient (Wildman–Crippen LogP) is 3.42. The van der Waals surface area contributed by atoms with E-state index in [1.54, 1.807) is 16.4 Å². The lowest BCUT2D eigenvalue weighted by atomic mass is 9.97. The van der Waals surface area contributed by atoms with Crippen molar-refractivity contribution in [3.05, 3.63) is 60.0 Å². The van der Waals surface area contributed by atoms with Crippen LogP contribution in [0.3, 0.4) is 0 Å². The summed E-state index contributed by atoms with van der Waals surface area (Å²) < 4.78 is 29.5. The van der Waals surface area contributed by atoms with Crippen molar-refractivity contribution in [1.29, 1.82) is 0 Å². The molecule has 1 fully saturated rings. The van der Waals surface area contributed by atoms with Crippen LogP contribution in [0.5, 0.6) is 0 Å². The zero-order chi connectivity index (χ0) is 19.0. The Morgan fingerprint density at radius 2 is 1.70 bits per heavy atom. The Hall–Kier alpha value is -2.25. The van der Waals surface area contributed by atoms with Gasteiger partial charge in [0.25, 0.3) is 0 Å². The molecule has 3 aromatic rings. The number of nitrogens with zero attached hydrogens (tertiary/aromatic N) is 4. The molecule has 0 amide bonds. The fourth-order valence-electron chi connectivity index (χ4n) is 3.67. The first-order valence-corrected chi connectivity index (χ1v) is 10.8. The zero-order valence-electron chi connectivity index (χ0n) is 15.6. The van der Waals surface area contributed by atoms with E-state index in [2.05, 4.69) is 24.0 Å². The molecule has 6 nitrogen and oxygen atoms in total. The monoisotopic (exact) mass is 384 g/mol. The number of piperidine rings is 1. The number of benzene rings is 1. The van der Waals surface area contributed by atoms with E-state index < -0.39 is 10.0 Å². The molecule has 3 heterocycles. The molecule has 0 bridgehead atoms. The summed E-state index contributed by atoms with van der Waals surface area (Å²) >= 11 is 0. The first-order valence-electron chi connectivity index (χ1n) is 9.36. The van der Waals surface area contributed by atoms with Gasteiger partial charge in [-0.25, -0.2) is 8.42 Å². The van der Waals surface area contributed by atoms with Gasteiger partial charge in [0.15, 0.2) is 5.65 Å². The van der Waals surface area contributed by atoms with Gasteiger partial charge in [0, 0.05) is 25.2 Å². The topological polar surface area (TPSA) is 67.6 Å². The van der Waals surface area contributed by atoms with Crippen LogP contribution in [0.25, 0.3) is 5.65 Å². The van der Waals surface area contributed by atoms with Crippen LogP contribution in [0.4, 0.5) is 0 Å². The third kappa shape index (κ3) is 3.37. The standard InChI is InChI=1S/C20H24N4O2S/c1-15(2)16-6-8-18(9-7-16)27(25,26)23-13-10-17(11-14-23)20-22-21-19-5-3-4-12-24(19)20/h3-9,12,15,17H,10-11,13-14H2,1-2H3. The van der Waals surface area contributed by atoms with Crippen molar-refractivity contribution >= 4 is 15.7 Å². The van der Waals surface area contributed by atoms with Crippen LogP contribution in [-0.2, 0) is 10.0 Å². The molecule has 0 aliphatic carbocycles. The maximum atomic E-state index is 13.0. The molecule has 27 heavy (non-hydrogen) atoms. The molecule has 0 spiro atoms. The fourth-order valence-corrected chi connectivity index (χ4v) is 5.14. The lowest BCUT2D eigenvalue weighted by Crippen LogP contribution is -2.38. The maximum absolute atomic E-state index is 13.0. The Labute approximate surface area is 159 Å². The van der Waals surface area contributed by atoms with Gasteiger partial charge in [0.2, 0.25) is 10.0 Å². The molecule has 1 aromatic carbocycles. The van der Waals surface area contributed by atoms with Crippen LogP contribution < -0.4 is 0 Å². The van der Waals surface area contributed by atoms with Crippen molar-refractivity contribution in [2.45, 2.75) is 43.4 Å². The average Bonchev–Trinajstić information content (AvgIpc) is 3.12. The highest BCUT2D eigenvalue weighted by Crippen LogP contribution is 2.30. The first-order chi connectivity index (χ1) is 13.0. The van der Waals surface area contributed by atoms with Gasteiger partial charge in [-0.2, -0.15) is 4.31 Å². The number of aromatic nitrogens is 3. The average molecular weight is 385 g/mol. The van der Waals surface area contributed by atoms with E-state index in [0.29, 0.717) is 23.9 Å². The molecular weight excluding hydrogens is 360 g/mol. The largest absolute Gasteiger partial charge is 0.286 e. The minimum absolute atomic E-state index is 0.220. The molecule has 2 aromatic heterocycles. The number of hydrogen-bond donors (Lipinski definition) is 0. The van der Waals surface area contributed by atoms with Crippen molar-refractivity contribution in [2.24, 2.45) is 0 Å². The summed E-state index contributed by atoms with van der Waals surface area (Å²) in [6.45, 7) is 5.20. The molecule has 1 aliphatic heterocycles. The number of rotatable bonds is 4. The Balaban J connectivity index is 1.49. The van der Waals surface area contributed by atoms with Gasteiger partial charge in [-0.15, -0.1) is 10.2 Å². The van der Waals surface area contributed by atoms with E-state index in [-0.39, 0.29) is 5.92 Å². The molecule has 142 valence electrons. The van der Waals surface area contributed by atoms with Crippen molar-refractivity contribution in [3.8, 4) is 0 Å². The minimum Gasteiger partial charge on any atom is -0.286 e. The fraction of sp³-hybridized carbons (Fsp3) is 0.400. The second-order valence-electron chi connectivity index (χ2n) is 7.39. The van der Waals surface area contributed by atoms with E-state index in [1.807, 2.05) is 40.9 Å². The van der Waals surface area contributed by atoms with Gasteiger partial charge < -0.3 is 0 Å². The van der Waals surface area contributed by atoms with Gasteiger partial charge in [-0.05, 0) is 48.6 Å². The van der Waals surface area contributed by atoms with Gasteiger partial charge in [-0.3, -0.25) is 4.40 Å². The number of hydrogen-bond acceptors (Lipinski definition) is 4. The van der Waals surface area contributed by atoms with Crippen LogP contribution in [0.2, 0.25) is 0 Å². The lowest BCUT2D eigenvalue weighted by molar-refractivity contribution is 0.312. The second-order valence-corrected chi connectivity index (χ2v) is 9.33. The van der Waals surface area contributed by atoms with E-state index >= 15 is 0 Å². The highest BCUT2D eigenvalue weighted by molar-refractivity contribution is 7.89. The Morgan fingerprint density at radius 3 is 2.37 bits per heavy atom. The first kappa shape index (κ1) is 18.1. The van der Waals surface area contributed by atoms with Gasteiger partial charge in [0.05, 0.1) is 4.90 Å². The predicted molar refractivity (Wildman–Crippen MR) is 104 cm³/mol. The third-order valence-electron chi connectivity index (χ3n) is 5.34. The molecule has 0 N–H and O–H groups in total. The molecular formula is C20H24N4O2S. The normalized spacial score (nSPS) is 17.0. The van der Waals surface area contributed by atoms with E-state index in [4.69, 9.17) is 0 Å². The van der Waals surface area contributed by atoms with Gasteiger partial charge in [0.1, 0.15) is 5.82 Å². The summed E-state index contributed by atoms with van der Waals surface area (Å²) in [5.41, 5.74) is 1.97. The van der Waals surface area contributed by atoms with Gasteiger partial charge >= 0.3 is 0 Å². The molecule has 0 atom stereocenters. The van der Waals surface area contributed by atoms with Crippen LogP contribution in [0, 0.1) is 0 Å². The molecule has 1 saturated heterocycles. The SMILES string of the molecule is CC(C)c1ccc(S(=O)(=O)N2CCC(c3nnc4ccccn34)CC2)cc1. The molecule has 1 aliphatic rings.